The van der Waals surface area contributed by atoms with E-state index in [1.54, 1.807) is 22.5 Å². The Balaban J connectivity index is 1.45. The minimum atomic E-state index is -0.152. The van der Waals surface area contributed by atoms with Gasteiger partial charge in [0, 0.05) is 24.2 Å². The lowest BCUT2D eigenvalue weighted by molar-refractivity contribution is -0.121. The second-order valence-corrected chi connectivity index (χ2v) is 7.79. The highest BCUT2D eigenvalue weighted by molar-refractivity contribution is 7.14. The van der Waals surface area contributed by atoms with Gasteiger partial charge in [0.05, 0.1) is 23.0 Å². The first kappa shape index (κ1) is 17.3. The molecule has 5 nitrogen and oxygen atoms in total. The predicted octanol–water partition coefficient (Wildman–Crippen LogP) is 4.29. The second-order valence-electron chi connectivity index (χ2n) is 6.27. The van der Waals surface area contributed by atoms with Crippen molar-refractivity contribution in [3.63, 3.8) is 0 Å². The van der Waals surface area contributed by atoms with E-state index in [1.165, 1.54) is 0 Å². The Morgan fingerprint density at radius 1 is 1.35 bits per heavy atom. The van der Waals surface area contributed by atoms with Crippen LogP contribution in [0.5, 0.6) is 0 Å². The second kappa shape index (κ2) is 7.23. The summed E-state index contributed by atoms with van der Waals surface area (Å²) in [4.78, 5) is 22.3. The maximum atomic E-state index is 12.9. The highest BCUT2D eigenvalue weighted by Crippen LogP contribution is 2.31. The number of nitrogens with zero attached hydrogens (tertiary/aromatic N) is 3. The summed E-state index contributed by atoms with van der Waals surface area (Å²) in [6.07, 6.45) is 4.28. The Morgan fingerprint density at radius 2 is 2.19 bits per heavy atom. The molecule has 0 bridgehead atoms. The third kappa shape index (κ3) is 3.28. The lowest BCUT2D eigenvalue weighted by atomic mass is 10.2. The van der Waals surface area contributed by atoms with Gasteiger partial charge < -0.3 is 9.32 Å². The molecule has 4 rings (SSSR count). The molecule has 0 N–H and O–H groups in total. The minimum absolute atomic E-state index is 0.0939. The van der Waals surface area contributed by atoms with Gasteiger partial charge >= 0.3 is 0 Å². The van der Waals surface area contributed by atoms with Gasteiger partial charge in [-0.15, -0.1) is 11.3 Å². The van der Waals surface area contributed by atoms with Crippen LogP contribution in [0, 0.1) is 0 Å². The number of thiazole rings is 1. The van der Waals surface area contributed by atoms with E-state index in [2.05, 4.69) is 9.88 Å². The number of amides is 1. The number of rotatable bonds is 5. The van der Waals surface area contributed by atoms with Crippen molar-refractivity contribution in [1.82, 2.24) is 9.88 Å². The molecule has 0 spiro atoms. The Kier molecular flexibility index (Phi) is 4.80. The summed E-state index contributed by atoms with van der Waals surface area (Å²) < 4.78 is 5.39. The number of hydrogen-bond donors (Lipinski definition) is 0. The summed E-state index contributed by atoms with van der Waals surface area (Å²) in [6.45, 7) is 1.35. The summed E-state index contributed by atoms with van der Waals surface area (Å²) in [7, 11) is 1.98. The number of para-hydroxylation sites is 1. The first-order valence-electron chi connectivity index (χ1n) is 8.38. The largest absolute Gasteiger partial charge is 0.462 e. The minimum Gasteiger partial charge on any atom is -0.462 e. The maximum absolute atomic E-state index is 12.9. The van der Waals surface area contributed by atoms with Crippen LogP contribution in [-0.2, 0) is 11.3 Å². The maximum Gasteiger partial charge on any atom is 0.244 e. The predicted molar refractivity (Wildman–Crippen MR) is 103 cm³/mol. The van der Waals surface area contributed by atoms with Crippen LogP contribution < -0.4 is 4.90 Å². The van der Waals surface area contributed by atoms with Crippen molar-refractivity contribution in [2.75, 3.05) is 18.5 Å². The summed E-state index contributed by atoms with van der Waals surface area (Å²) in [5, 5.41) is 1.46. The molecule has 134 valence electrons. The molecule has 2 aromatic heterocycles. The van der Waals surface area contributed by atoms with Crippen molar-refractivity contribution < 1.29 is 9.21 Å². The van der Waals surface area contributed by atoms with E-state index < -0.39 is 0 Å². The van der Waals surface area contributed by atoms with Crippen LogP contribution in [0.4, 0.5) is 5.69 Å². The zero-order valence-electron chi connectivity index (χ0n) is 14.3. The standard InChI is InChI=1S/C19H18ClN3O2S/c1-22(12-13-11-21-18(26-13)17-7-4-10-25-17)16-8-9-23(19(16)24)15-6-3-2-5-14(15)20/h2-7,10-11,16H,8-9,12H2,1H3. The monoisotopic (exact) mass is 387 g/mol. The molecule has 1 unspecified atom stereocenters. The van der Waals surface area contributed by atoms with E-state index in [4.69, 9.17) is 16.0 Å². The van der Waals surface area contributed by atoms with E-state index in [0.717, 1.165) is 27.8 Å². The summed E-state index contributed by atoms with van der Waals surface area (Å²) in [5.41, 5.74) is 0.785. The molecular weight excluding hydrogens is 370 g/mol. The van der Waals surface area contributed by atoms with Gasteiger partial charge in [-0.05, 0) is 37.7 Å². The molecule has 3 heterocycles. The SMILES string of the molecule is CN(Cc1cnc(-c2ccco2)s1)C1CCN(c2ccccc2Cl)C1=O. The zero-order valence-corrected chi connectivity index (χ0v) is 15.8. The number of benzene rings is 1. The van der Waals surface area contributed by atoms with E-state index >= 15 is 0 Å². The Morgan fingerprint density at radius 3 is 2.96 bits per heavy atom. The zero-order chi connectivity index (χ0) is 18.1. The highest BCUT2D eigenvalue weighted by Gasteiger charge is 2.36. The molecule has 1 aliphatic heterocycles. The van der Waals surface area contributed by atoms with E-state index in [0.29, 0.717) is 18.1 Å². The van der Waals surface area contributed by atoms with Crippen molar-refractivity contribution in [2.45, 2.75) is 19.0 Å². The molecule has 1 saturated heterocycles. The van der Waals surface area contributed by atoms with Crippen LogP contribution in [0.25, 0.3) is 10.8 Å². The summed E-state index contributed by atoms with van der Waals surface area (Å²) >= 11 is 7.84. The van der Waals surface area contributed by atoms with Crippen LogP contribution in [0.1, 0.15) is 11.3 Å². The number of hydrogen-bond acceptors (Lipinski definition) is 5. The molecule has 0 radical (unpaired) electrons. The lowest BCUT2D eigenvalue weighted by Crippen LogP contribution is -2.39. The average molecular weight is 388 g/mol. The number of anilines is 1. The molecule has 1 amide bonds. The molecule has 26 heavy (non-hydrogen) atoms. The van der Waals surface area contributed by atoms with E-state index in [-0.39, 0.29) is 11.9 Å². The number of aromatic nitrogens is 1. The fourth-order valence-electron chi connectivity index (χ4n) is 3.23. The van der Waals surface area contributed by atoms with Gasteiger partial charge in [-0.3, -0.25) is 9.69 Å². The quantitative estimate of drug-likeness (QED) is 0.655. The van der Waals surface area contributed by atoms with Gasteiger partial charge in [-0.2, -0.15) is 0 Å². The van der Waals surface area contributed by atoms with Crippen LogP contribution in [0.15, 0.2) is 53.3 Å². The number of furan rings is 1. The van der Waals surface area contributed by atoms with Gasteiger partial charge in [0.25, 0.3) is 0 Å². The van der Waals surface area contributed by atoms with Crippen LogP contribution in [0.2, 0.25) is 5.02 Å². The number of halogens is 1. The molecule has 0 aliphatic carbocycles. The van der Waals surface area contributed by atoms with Gasteiger partial charge in [0.15, 0.2) is 10.8 Å². The smallest absolute Gasteiger partial charge is 0.244 e. The van der Waals surface area contributed by atoms with Gasteiger partial charge in [-0.1, -0.05) is 23.7 Å². The molecule has 1 fully saturated rings. The van der Waals surface area contributed by atoms with Gasteiger partial charge in [-0.25, -0.2) is 4.98 Å². The van der Waals surface area contributed by atoms with E-state index in [9.17, 15) is 4.79 Å². The fraction of sp³-hybridized carbons (Fsp3) is 0.263. The van der Waals surface area contributed by atoms with Gasteiger partial charge in [0.2, 0.25) is 5.91 Å². The van der Waals surface area contributed by atoms with Crippen molar-refractivity contribution >= 4 is 34.5 Å². The van der Waals surface area contributed by atoms with Crippen LogP contribution >= 0.6 is 22.9 Å². The fourth-order valence-corrected chi connectivity index (χ4v) is 4.42. The lowest BCUT2D eigenvalue weighted by Gasteiger charge is -2.23. The summed E-state index contributed by atoms with van der Waals surface area (Å²) in [5.74, 6) is 0.863. The average Bonchev–Trinajstić information content (AvgIpc) is 3.36. The third-order valence-corrected chi connectivity index (χ3v) is 5.86. The molecule has 7 heteroatoms. The molecule has 3 aromatic rings. The molecule has 1 atom stereocenters. The molecular formula is C19H18ClN3O2S. The molecule has 0 saturated carbocycles. The van der Waals surface area contributed by atoms with Crippen molar-refractivity contribution in [3.8, 4) is 10.8 Å². The highest BCUT2D eigenvalue weighted by atomic mass is 35.5. The summed E-state index contributed by atoms with van der Waals surface area (Å²) in [6, 6.07) is 11.1. The van der Waals surface area contributed by atoms with Crippen LogP contribution in [0.3, 0.4) is 0 Å². The van der Waals surface area contributed by atoms with Crippen molar-refractivity contribution in [1.29, 1.82) is 0 Å². The number of carbonyl (C=O) groups is 1. The molecule has 1 aliphatic rings. The number of carbonyl (C=O) groups excluding carboxylic acids is 1. The third-order valence-electron chi connectivity index (χ3n) is 4.54. The Hall–Kier alpha value is -2.15. The topological polar surface area (TPSA) is 49.6 Å². The van der Waals surface area contributed by atoms with Crippen molar-refractivity contribution in [2.24, 2.45) is 0 Å². The van der Waals surface area contributed by atoms with Crippen molar-refractivity contribution in [3.05, 3.63) is 58.8 Å². The number of likely N-dealkylation sites (N-methyl/N-ethyl adjacent to an activating group) is 1. The first-order valence-corrected chi connectivity index (χ1v) is 9.57. The van der Waals surface area contributed by atoms with Crippen LogP contribution in [-0.4, -0.2) is 35.4 Å². The van der Waals surface area contributed by atoms with Gasteiger partial charge in [0.1, 0.15) is 0 Å². The van der Waals surface area contributed by atoms with E-state index in [1.807, 2.05) is 49.6 Å². The molecule has 1 aromatic carbocycles. The first-order chi connectivity index (χ1) is 12.6. The Bertz CT molecular complexity index is 909. The normalized spacial score (nSPS) is 17.4. The Labute approximate surface area is 160 Å².